The van der Waals surface area contributed by atoms with Crippen LogP contribution in [0.15, 0.2) is 0 Å². The van der Waals surface area contributed by atoms with Gasteiger partial charge in [-0.25, -0.2) is 0 Å². The largest absolute Gasteiger partial charge is 0.480 e. The maximum Gasteiger partial charge on any atom is 0.320 e. The average molecular weight is 200 g/mol. The minimum Gasteiger partial charge on any atom is -0.480 e. The molecule has 1 saturated carbocycles. The molecule has 0 heterocycles. The number of carboxylic acids is 1. The highest BCUT2D eigenvalue weighted by Gasteiger charge is 2.30. The van der Waals surface area contributed by atoms with E-state index in [4.69, 9.17) is 10.8 Å². The fraction of sp³-hybridized carbons (Fsp3) is 0.900. The number of hydrogen-bond donors (Lipinski definition) is 3. The first-order valence-electron chi connectivity index (χ1n) is 5.23. The molecule has 1 aliphatic rings. The van der Waals surface area contributed by atoms with Crippen LogP contribution < -0.4 is 11.1 Å². The van der Waals surface area contributed by atoms with Gasteiger partial charge in [0.1, 0.15) is 6.04 Å². The molecular weight excluding hydrogens is 180 g/mol. The fourth-order valence-corrected chi connectivity index (χ4v) is 1.79. The van der Waals surface area contributed by atoms with Crippen LogP contribution in [0, 0.1) is 5.92 Å². The van der Waals surface area contributed by atoms with Crippen molar-refractivity contribution in [2.75, 3.05) is 0 Å². The molecule has 0 radical (unpaired) electrons. The van der Waals surface area contributed by atoms with E-state index in [1.165, 1.54) is 0 Å². The smallest absolute Gasteiger partial charge is 0.320 e. The number of nitrogens with one attached hydrogen (secondary N) is 1. The topological polar surface area (TPSA) is 75.3 Å². The molecule has 0 spiro atoms. The first kappa shape index (κ1) is 11.5. The van der Waals surface area contributed by atoms with E-state index < -0.39 is 12.0 Å². The van der Waals surface area contributed by atoms with Crippen LogP contribution >= 0.6 is 0 Å². The predicted octanol–water partition coefficient (Wildman–Crippen LogP) is 0.565. The molecule has 0 aliphatic heterocycles. The van der Waals surface area contributed by atoms with Crippen molar-refractivity contribution in [3.05, 3.63) is 0 Å². The second-order valence-electron chi connectivity index (χ2n) is 4.62. The van der Waals surface area contributed by atoms with Crippen molar-refractivity contribution in [1.82, 2.24) is 5.32 Å². The summed E-state index contributed by atoms with van der Waals surface area (Å²) < 4.78 is 0. The van der Waals surface area contributed by atoms with Crippen LogP contribution in [-0.2, 0) is 4.79 Å². The van der Waals surface area contributed by atoms with Crippen LogP contribution in [0.25, 0.3) is 0 Å². The Balaban J connectivity index is 2.32. The number of rotatable bonds is 5. The second kappa shape index (κ2) is 4.75. The number of carbonyl (C=O) groups is 1. The lowest BCUT2D eigenvalue weighted by atomic mass is 9.86. The van der Waals surface area contributed by atoms with Gasteiger partial charge in [-0.2, -0.15) is 0 Å². The third-order valence-electron chi connectivity index (χ3n) is 2.62. The van der Waals surface area contributed by atoms with E-state index in [0.717, 1.165) is 12.8 Å². The van der Waals surface area contributed by atoms with Crippen LogP contribution in [0.1, 0.15) is 33.1 Å². The molecule has 4 N–H and O–H groups in total. The van der Waals surface area contributed by atoms with Crippen molar-refractivity contribution in [2.24, 2.45) is 11.7 Å². The molecule has 82 valence electrons. The summed E-state index contributed by atoms with van der Waals surface area (Å²) in [6.07, 6.45) is 2.49. The normalized spacial score (nSPS) is 28.6. The molecule has 0 aromatic heterocycles. The number of carboxylic acid groups (broad SMARTS) is 1. The third kappa shape index (κ3) is 3.27. The van der Waals surface area contributed by atoms with E-state index in [1.807, 2.05) is 13.8 Å². The Morgan fingerprint density at radius 1 is 1.57 bits per heavy atom. The molecular formula is C10H20N2O2. The maximum absolute atomic E-state index is 10.9. The van der Waals surface area contributed by atoms with Crippen molar-refractivity contribution in [1.29, 1.82) is 0 Å². The average Bonchev–Trinajstić information content (AvgIpc) is 1.99. The van der Waals surface area contributed by atoms with Gasteiger partial charge in [0, 0.05) is 12.1 Å². The number of hydrogen-bond acceptors (Lipinski definition) is 3. The van der Waals surface area contributed by atoms with Gasteiger partial charge in [-0.3, -0.25) is 4.79 Å². The zero-order valence-corrected chi connectivity index (χ0v) is 8.86. The van der Waals surface area contributed by atoms with E-state index in [-0.39, 0.29) is 6.04 Å². The van der Waals surface area contributed by atoms with Crippen molar-refractivity contribution in [3.63, 3.8) is 0 Å². The summed E-state index contributed by atoms with van der Waals surface area (Å²) in [4.78, 5) is 10.9. The minimum atomic E-state index is -0.751. The summed E-state index contributed by atoms with van der Waals surface area (Å²) >= 11 is 0. The van der Waals surface area contributed by atoms with Crippen molar-refractivity contribution in [3.8, 4) is 0 Å². The standard InChI is InChI=1S/C10H20N2O2/c1-6(2)3-9(10(13)14)12-8-4-7(11)5-8/h6-9,12H,3-5,11H2,1-2H3,(H,13,14). The van der Waals surface area contributed by atoms with Crippen molar-refractivity contribution >= 4 is 5.97 Å². The molecule has 1 fully saturated rings. The Labute approximate surface area is 84.9 Å². The molecule has 0 aromatic carbocycles. The first-order chi connectivity index (χ1) is 6.49. The Bertz CT molecular complexity index is 200. The SMILES string of the molecule is CC(C)CC(NC1CC(N)C1)C(=O)O. The van der Waals surface area contributed by atoms with Gasteiger partial charge >= 0.3 is 5.97 Å². The van der Waals surface area contributed by atoms with Crippen molar-refractivity contribution in [2.45, 2.75) is 51.2 Å². The highest BCUT2D eigenvalue weighted by molar-refractivity contribution is 5.73. The summed E-state index contributed by atoms with van der Waals surface area (Å²) in [5, 5.41) is 12.1. The molecule has 4 heteroatoms. The van der Waals surface area contributed by atoms with Crippen LogP contribution in [0.3, 0.4) is 0 Å². The molecule has 1 rings (SSSR count). The molecule has 0 saturated heterocycles. The Hall–Kier alpha value is -0.610. The van der Waals surface area contributed by atoms with Crippen LogP contribution in [0.2, 0.25) is 0 Å². The van der Waals surface area contributed by atoms with Gasteiger partial charge in [0.25, 0.3) is 0 Å². The van der Waals surface area contributed by atoms with Gasteiger partial charge < -0.3 is 16.2 Å². The molecule has 14 heavy (non-hydrogen) atoms. The maximum atomic E-state index is 10.9. The lowest BCUT2D eigenvalue weighted by Crippen LogP contribution is -2.53. The molecule has 4 nitrogen and oxygen atoms in total. The summed E-state index contributed by atoms with van der Waals surface area (Å²) in [6.45, 7) is 4.06. The number of aliphatic carboxylic acids is 1. The number of nitrogens with two attached hydrogens (primary N) is 1. The van der Waals surface area contributed by atoms with Gasteiger partial charge in [0.05, 0.1) is 0 Å². The first-order valence-corrected chi connectivity index (χ1v) is 5.23. The van der Waals surface area contributed by atoms with Gasteiger partial charge in [-0.15, -0.1) is 0 Å². The lowest BCUT2D eigenvalue weighted by molar-refractivity contribution is -0.140. The van der Waals surface area contributed by atoms with E-state index in [9.17, 15) is 4.79 Å². The summed E-state index contributed by atoms with van der Waals surface area (Å²) in [5.41, 5.74) is 5.63. The molecule has 1 atom stereocenters. The van der Waals surface area contributed by atoms with Gasteiger partial charge in [-0.05, 0) is 25.2 Å². The van der Waals surface area contributed by atoms with Crippen LogP contribution in [0.4, 0.5) is 0 Å². The highest BCUT2D eigenvalue weighted by Crippen LogP contribution is 2.19. The van der Waals surface area contributed by atoms with Gasteiger partial charge in [0.2, 0.25) is 0 Å². The van der Waals surface area contributed by atoms with E-state index >= 15 is 0 Å². The molecule has 0 bridgehead atoms. The molecule has 0 aromatic rings. The van der Waals surface area contributed by atoms with Crippen LogP contribution in [0.5, 0.6) is 0 Å². The van der Waals surface area contributed by atoms with E-state index in [1.54, 1.807) is 0 Å². The van der Waals surface area contributed by atoms with Crippen molar-refractivity contribution < 1.29 is 9.90 Å². The summed E-state index contributed by atoms with van der Waals surface area (Å²) in [7, 11) is 0. The lowest BCUT2D eigenvalue weighted by Gasteiger charge is -2.35. The van der Waals surface area contributed by atoms with Gasteiger partial charge in [-0.1, -0.05) is 13.8 Å². The van der Waals surface area contributed by atoms with E-state index in [2.05, 4.69) is 5.32 Å². The quantitative estimate of drug-likeness (QED) is 0.606. The zero-order valence-electron chi connectivity index (χ0n) is 8.86. The molecule has 0 amide bonds. The Kier molecular flexibility index (Phi) is 3.89. The monoisotopic (exact) mass is 200 g/mol. The highest BCUT2D eigenvalue weighted by atomic mass is 16.4. The van der Waals surface area contributed by atoms with E-state index in [0.29, 0.717) is 18.4 Å². The Morgan fingerprint density at radius 3 is 2.50 bits per heavy atom. The Morgan fingerprint density at radius 2 is 2.14 bits per heavy atom. The zero-order chi connectivity index (χ0) is 10.7. The van der Waals surface area contributed by atoms with Crippen LogP contribution in [-0.4, -0.2) is 29.2 Å². The van der Waals surface area contributed by atoms with Gasteiger partial charge in [0.15, 0.2) is 0 Å². The fourth-order valence-electron chi connectivity index (χ4n) is 1.79. The molecule has 1 aliphatic carbocycles. The third-order valence-corrected chi connectivity index (χ3v) is 2.62. The summed E-state index contributed by atoms with van der Waals surface area (Å²) in [6, 6.07) is 0.165. The predicted molar refractivity (Wildman–Crippen MR) is 55.0 cm³/mol. The minimum absolute atomic E-state index is 0.265. The summed E-state index contributed by atoms with van der Waals surface area (Å²) in [5.74, 6) is -0.350. The second-order valence-corrected chi connectivity index (χ2v) is 4.62. The molecule has 1 unspecified atom stereocenters.